The number of amides is 1. The third-order valence-corrected chi connectivity index (χ3v) is 4.07. The number of hydrogen-bond acceptors (Lipinski definition) is 2. The van der Waals surface area contributed by atoms with Gasteiger partial charge >= 0.3 is 0 Å². The summed E-state index contributed by atoms with van der Waals surface area (Å²) < 4.78 is 0. The molecule has 0 bridgehead atoms. The first-order chi connectivity index (χ1) is 9.65. The van der Waals surface area contributed by atoms with Gasteiger partial charge in [0.25, 0.3) is 0 Å². The Morgan fingerprint density at radius 2 is 1.90 bits per heavy atom. The fourth-order valence-corrected chi connectivity index (χ4v) is 2.90. The fourth-order valence-electron chi connectivity index (χ4n) is 2.64. The largest absolute Gasteiger partial charge is 0.323 e. The summed E-state index contributed by atoms with van der Waals surface area (Å²) in [7, 11) is 0. The van der Waals surface area contributed by atoms with E-state index in [1.807, 2.05) is 25.1 Å². The highest BCUT2D eigenvalue weighted by Gasteiger charge is 2.27. The van der Waals surface area contributed by atoms with Crippen molar-refractivity contribution in [2.24, 2.45) is 5.92 Å². The van der Waals surface area contributed by atoms with Crippen LogP contribution in [0, 0.1) is 12.8 Å². The Morgan fingerprint density at radius 3 is 2.50 bits per heavy atom. The molecule has 20 heavy (non-hydrogen) atoms. The highest BCUT2D eigenvalue weighted by Crippen LogP contribution is 2.29. The molecule has 1 aromatic heterocycles. The number of anilines is 1. The first-order valence-electron chi connectivity index (χ1n) is 6.64. The van der Waals surface area contributed by atoms with Crippen LogP contribution in [0.4, 0.5) is 5.69 Å². The number of hydrogen-bond donors (Lipinski definition) is 1. The number of carbonyl (C=O) groups excluding carboxylic acids is 1. The number of aryl methyl sites for hydroxylation is 1. The highest BCUT2D eigenvalue weighted by atomic mass is 35.5. The number of nitrogens with one attached hydrogen (secondary N) is 1. The summed E-state index contributed by atoms with van der Waals surface area (Å²) in [5.74, 6) is -0.0118. The number of benzene rings is 1. The molecule has 1 N–H and O–H groups in total. The van der Waals surface area contributed by atoms with Gasteiger partial charge in [0.05, 0.1) is 5.69 Å². The van der Waals surface area contributed by atoms with E-state index in [1.165, 1.54) is 11.1 Å². The van der Waals surface area contributed by atoms with Crippen LogP contribution in [0.25, 0.3) is 0 Å². The molecule has 0 saturated carbocycles. The topological polar surface area (TPSA) is 42.0 Å². The van der Waals surface area contributed by atoms with Crippen molar-refractivity contribution in [2.45, 2.75) is 19.8 Å². The van der Waals surface area contributed by atoms with Crippen LogP contribution in [-0.2, 0) is 17.6 Å². The first-order valence-corrected chi connectivity index (χ1v) is 7.01. The minimum atomic E-state index is -0.0249. The predicted octanol–water partition coefficient (Wildman–Crippen LogP) is 3.40. The lowest BCUT2D eigenvalue weighted by molar-refractivity contribution is -0.119. The van der Waals surface area contributed by atoms with Gasteiger partial charge in [-0.15, -0.1) is 0 Å². The molecule has 0 atom stereocenters. The van der Waals surface area contributed by atoms with Crippen molar-refractivity contribution in [3.05, 3.63) is 58.4 Å². The average Bonchev–Trinajstić information content (AvgIpc) is 2.87. The summed E-state index contributed by atoms with van der Waals surface area (Å²) in [5, 5.41) is 3.26. The van der Waals surface area contributed by atoms with Gasteiger partial charge in [0.15, 0.2) is 5.15 Å². The fraction of sp³-hybridized carbons (Fsp3) is 0.250. The van der Waals surface area contributed by atoms with E-state index in [2.05, 4.69) is 22.4 Å². The molecular formula is C16H15ClN2O. The van der Waals surface area contributed by atoms with Crippen molar-refractivity contribution < 1.29 is 4.79 Å². The van der Waals surface area contributed by atoms with E-state index >= 15 is 0 Å². The van der Waals surface area contributed by atoms with E-state index in [9.17, 15) is 4.79 Å². The first kappa shape index (κ1) is 13.1. The lowest BCUT2D eigenvalue weighted by Gasteiger charge is -2.13. The van der Waals surface area contributed by atoms with Crippen molar-refractivity contribution in [1.82, 2.24) is 4.98 Å². The van der Waals surface area contributed by atoms with Gasteiger partial charge in [-0.3, -0.25) is 4.79 Å². The normalized spacial score (nSPS) is 14.1. The number of aromatic nitrogens is 1. The Balaban J connectivity index is 1.76. The Labute approximate surface area is 123 Å². The third kappa shape index (κ3) is 2.41. The zero-order valence-electron chi connectivity index (χ0n) is 11.2. The van der Waals surface area contributed by atoms with Gasteiger partial charge in [-0.2, -0.15) is 0 Å². The van der Waals surface area contributed by atoms with Gasteiger partial charge in [-0.05, 0) is 42.5 Å². The molecule has 3 rings (SSSR count). The molecule has 2 aromatic rings. The molecule has 1 aliphatic carbocycles. The number of rotatable bonds is 2. The summed E-state index contributed by atoms with van der Waals surface area (Å²) in [4.78, 5) is 16.4. The van der Waals surface area contributed by atoms with E-state index in [1.54, 1.807) is 6.20 Å². The predicted molar refractivity (Wildman–Crippen MR) is 80.0 cm³/mol. The zero-order valence-corrected chi connectivity index (χ0v) is 11.9. The second-order valence-electron chi connectivity index (χ2n) is 5.16. The maximum atomic E-state index is 12.4. The Morgan fingerprint density at radius 1 is 1.25 bits per heavy atom. The molecule has 0 radical (unpaired) electrons. The van der Waals surface area contributed by atoms with E-state index in [0.29, 0.717) is 10.8 Å². The zero-order chi connectivity index (χ0) is 14.1. The molecule has 0 saturated heterocycles. The van der Waals surface area contributed by atoms with Crippen molar-refractivity contribution in [3.63, 3.8) is 0 Å². The van der Waals surface area contributed by atoms with E-state index in [4.69, 9.17) is 11.6 Å². The Hall–Kier alpha value is -1.87. The minimum absolute atomic E-state index is 0.0131. The molecular weight excluding hydrogens is 272 g/mol. The Kier molecular flexibility index (Phi) is 3.45. The molecule has 1 aliphatic rings. The van der Waals surface area contributed by atoms with Crippen molar-refractivity contribution in [1.29, 1.82) is 0 Å². The maximum Gasteiger partial charge on any atom is 0.228 e. The summed E-state index contributed by atoms with van der Waals surface area (Å²) in [5.41, 5.74) is 4.08. The third-order valence-electron chi connectivity index (χ3n) is 3.78. The number of nitrogens with zero attached hydrogens (tertiary/aromatic N) is 1. The molecule has 3 nitrogen and oxygen atoms in total. The van der Waals surface area contributed by atoms with Gasteiger partial charge in [0, 0.05) is 12.1 Å². The van der Waals surface area contributed by atoms with E-state index in [0.717, 1.165) is 18.4 Å². The molecule has 0 fully saturated rings. The van der Waals surface area contributed by atoms with Gasteiger partial charge in [0.2, 0.25) is 5.91 Å². The molecule has 1 heterocycles. The standard InChI is InChI=1S/C16H15ClN2O/c1-10-6-7-18-15(17)14(10)19-16(20)13-8-11-4-2-3-5-12(11)9-13/h2-7,13H,8-9H2,1H3,(H,19,20). The molecule has 1 aromatic carbocycles. The second-order valence-corrected chi connectivity index (χ2v) is 5.51. The minimum Gasteiger partial charge on any atom is -0.323 e. The second kappa shape index (κ2) is 5.25. The molecule has 0 aliphatic heterocycles. The highest BCUT2D eigenvalue weighted by molar-refractivity contribution is 6.32. The maximum absolute atomic E-state index is 12.4. The molecule has 0 unspecified atom stereocenters. The van der Waals surface area contributed by atoms with Crippen LogP contribution < -0.4 is 5.32 Å². The van der Waals surface area contributed by atoms with Crippen molar-refractivity contribution >= 4 is 23.2 Å². The smallest absolute Gasteiger partial charge is 0.228 e. The van der Waals surface area contributed by atoms with Gasteiger partial charge in [-0.25, -0.2) is 4.98 Å². The van der Waals surface area contributed by atoms with Crippen molar-refractivity contribution in [2.75, 3.05) is 5.32 Å². The number of carbonyl (C=O) groups is 1. The van der Waals surface area contributed by atoms with Gasteiger partial charge in [0.1, 0.15) is 0 Å². The summed E-state index contributed by atoms with van der Waals surface area (Å²) in [6.45, 7) is 1.91. The van der Waals surface area contributed by atoms with Crippen LogP contribution in [-0.4, -0.2) is 10.9 Å². The lowest BCUT2D eigenvalue weighted by Crippen LogP contribution is -2.23. The Bertz CT molecular complexity index is 624. The van der Waals surface area contributed by atoms with Crippen molar-refractivity contribution in [3.8, 4) is 0 Å². The number of fused-ring (bicyclic) bond motifs is 1. The number of halogens is 1. The SMILES string of the molecule is Cc1ccnc(Cl)c1NC(=O)C1Cc2ccccc2C1. The monoisotopic (exact) mass is 286 g/mol. The molecule has 1 amide bonds. The van der Waals surface area contributed by atoms with Crippen LogP contribution in [0.1, 0.15) is 16.7 Å². The van der Waals surface area contributed by atoms with Crippen LogP contribution in [0.2, 0.25) is 5.15 Å². The summed E-state index contributed by atoms with van der Waals surface area (Å²) >= 11 is 6.04. The summed E-state index contributed by atoms with van der Waals surface area (Å²) in [6, 6.07) is 10.0. The van der Waals surface area contributed by atoms with Gasteiger partial charge < -0.3 is 5.32 Å². The van der Waals surface area contributed by atoms with Crippen LogP contribution >= 0.6 is 11.6 Å². The average molecular weight is 287 g/mol. The van der Waals surface area contributed by atoms with E-state index < -0.39 is 0 Å². The van der Waals surface area contributed by atoms with E-state index in [-0.39, 0.29) is 11.8 Å². The lowest BCUT2D eigenvalue weighted by atomic mass is 10.1. The van der Waals surface area contributed by atoms with Crippen LogP contribution in [0.15, 0.2) is 36.5 Å². The van der Waals surface area contributed by atoms with Gasteiger partial charge in [-0.1, -0.05) is 35.9 Å². The van der Waals surface area contributed by atoms with Crippen LogP contribution in [0.5, 0.6) is 0 Å². The molecule has 4 heteroatoms. The van der Waals surface area contributed by atoms with Crippen LogP contribution in [0.3, 0.4) is 0 Å². The molecule has 102 valence electrons. The summed E-state index contributed by atoms with van der Waals surface area (Å²) in [6.07, 6.45) is 3.22. The quantitative estimate of drug-likeness (QED) is 0.860. The number of pyridine rings is 1. The molecule has 0 spiro atoms.